The van der Waals surface area contributed by atoms with Gasteiger partial charge >= 0.3 is 0 Å². The first kappa shape index (κ1) is 23.4. The minimum absolute atomic E-state index is 0.0412. The smallest absolute Gasteiger partial charge is 0.276 e. The lowest BCUT2D eigenvalue weighted by Crippen LogP contribution is -2.66. The third-order valence-electron chi connectivity index (χ3n) is 7.87. The van der Waals surface area contributed by atoms with Crippen molar-refractivity contribution in [1.82, 2.24) is 16.2 Å². The molecular weight excluding hydrogens is 442 g/mol. The first-order valence-corrected chi connectivity index (χ1v) is 12.5. The Hall–Kier alpha value is -3.35. The molecule has 4 aliphatic carbocycles. The molecule has 35 heavy (non-hydrogen) atoms. The summed E-state index contributed by atoms with van der Waals surface area (Å²) in [7, 11) is 0. The molecule has 6 rings (SSSR count). The molecule has 184 valence electrons. The Kier molecular flexibility index (Phi) is 6.26. The number of hydrazine groups is 1. The number of hydrogen-bond donors (Lipinski definition) is 3. The van der Waals surface area contributed by atoms with E-state index in [1.54, 1.807) is 6.92 Å². The highest BCUT2D eigenvalue weighted by Gasteiger charge is 2.61. The van der Waals surface area contributed by atoms with Crippen LogP contribution >= 0.6 is 0 Å². The van der Waals surface area contributed by atoms with Crippen molar-refractivity contribution < 1.29 is 19.1 Å². The van der Waals surface area contributed by atoms with E-state index in [0.29, 0.717) is 30.4 Å². The van der Waals surface area contributed by atoms with Crippen molar-refractivity contribution in [3.63, 3.8) is 0 Å². The predicted molar refractivity (Wildman–Crippen MR) is 131 cm³/mol. The maximum Gasteiger partial charge on any atom is 0.276 e. The number of carbonyl (C=O) groups is 3. The van der Waals surface area contributed by atoms with Gasteiger partial charge in [-0.1, -0.05) is 48.5 Å². The molecule has 4 bridgehead atoms. The largest absolute Gasteiger partial charge is 0.483 e. The molecular formula is C28H33N3O4. The Morgan fingerprint density at radius 3 is 2.31 bits per heavy atom. The lowest BCUT2D eigenvalue weighted by Gasteiger charge is -2.61. The Balaban J connectivity index is 1.17. The molecule has 0 spiro atoms. The summed E-state index contributed by atoms with van der Waals surface area (Å²) in [6.45, 7) is 1.35. The third kappa shape index (κ3) is 5.04. The highest BCUT2D eigenvalue weighted by molar-refractivity contribution is 5.87. The number of hydrogen-bond acceptors (Lipinski definition) is 4. The van der Waals surface area contributed by atoms with Gasteiger partial charge in [0.1, 0.15) is 5.75 Å². The number of amides is 3. The average molecular weight is 476 g/mol. The van der Waals surface area contributed by atoms with Crippen molar-refractivity contribution in [1.29, 1.82) is 0 Å². The van der Waals surface area contributed by atoms with Crippen LogP contribution in [0.3, 0.4) is 0 Å². The van der Waals surface area contributed by atoms with E-state index < -0.39 is 11.3 Å². The van der Waals surface area contributed by atoms with E-state index in [4.69, 9.17) is 4.74 Å². The summed E-state index contributed by atoms with van der Waals surface area (Å²) in [6.07, 6.45) is 5.99. The molecule has 0 aromatic heterocycles. The molecule has 0 saturated heterocycles. The van der Waals surface area contributed by atoms with E-state index in [-0.39, 0.29) is 24.0 Å². The molecule has 4 fully saturated rings. The molecule has 3 N–H and O–H groups in total. The van der Waals surface area contributed by atoms with E-state index >= 15 is 0 Å². The van der Waals surface area contributed by atoms with E-state index in [1.165, 1.54) is 0 Å². The second-order valence-electron chi connectivity index (χ2n) is 10.8. The van der Waals surface area contributed by atoms with Crippen LogP contribution in [0.1, 0.15) is 56.6 Å². The Morgan fingerprint density at radius 2 is 1.60 bits per heavy atom. The van der Waals surface area contributed by atoms with Crippen LogP contribution in [0.15, 0.2) is 54.6 Å². The summed E-state index contributed by atoms with van der Waals surface area (Å²) in [4.78, 5) is 37.6. The predicted octanol–water partition coefficient (Wildman–Crippen LogP) is 3.28. The van der Waals surface area contributed by atoms with E-state index in [2.05, 4.69) is 28.3 Å². The molecule has 7 nitrogen and oxygen atoms in total. The zero-order valence-corrected chi connectivity index (χ0v) is 20.1. The maximum absolute atomic E-state index is 13.3. The van der Waals surface area contributed by atoms with Crippen LogP contribution in [0.2, 0.25) is 0 Å². The topological polar surface area (TPSA) is 96.5 Å². The van der Waals surface area contributed by atoms with Gasteiger partial charge in [-0.2, -0.15) is 0 Å². The SMILES string of the molecule is CC(=O)NC12C[C@@H]3C[C@@H](C1)CC(C(=O)NNC(=O)COc1ccccc1Cc1ccccc1)(C3)C2. The molecule has 0 unspecified atom stereocenters. The van der Waals surface area contributed by atoms with Crippen LogP contribution in [-0.2, 0) is 20.8 Å². The lowest BCUT2D eigenvalue weighted by atomic mass is 9.46. The molecule has 0 aliphatic heterocycles. The zero-order chi connectivity index (χ0) is 24.5. The Morgan fingerprint density at radius 1 is 0.914 bits per heavy atom. The molecule has 7 heteroatoms. The number of ether oxygens (including phenoxy) is 1. The summed E-state index contributed by atoms with van der Waals surface area (Å²) in [5.74, 6) is 0.924. The van der Waals surface area contributed by atoms with Gasteiger partial charge in [0.2, 0.25) is 11.8 Å². The van der Waals surface area contributed by atoms with E-state index in [9.17, 15) is 14.4 Å². The molecule has 0 heterocycles. The van der Waals surface area contributed by atoms with Gasteiger partial charge in [0, 0.05) is 18.9 Å². The van der Waals surface area contributed by atoms with Gasteiger partial charge < -0.3 is 10.1 Å². The lowest BCUT2D eigenvalue weighted by molar-refractivity contribution is -0.155. The average Bonchev–Trinajstić information content (AvgIpc) is 2.81. The molecule has 4 saturated carbocycles. The number of benzene rings is 2. The van der Waals surface area contributed by atoms with Crippen LogP contribution in [-0.4, -0.2) is 29.9 Å². The first-order valence-electron chi connectivity index (χ1n) is 12.5. The Labute approximate surface area is 206 Å². The summed E-state index contributed by atoms with van der Waals surface area (Å²) in [5.41, 5.74) is 6.54. The molecule has 3 amide bonds. The van der Waals surface area contributed by atoms with Gasteiger partial charge in [-0.05, 0) is 67.6 Å². The quantitative estimate of drug-likeness (QED) is 0.536. The monoisotopic (exact) mass is 475 g/mol. The number of para-hydroxylation sites is 1. The number of nitrogens with one attached hydrogen (secondary N) is 3. The highest BCUT2D eigenvalue weighted by atomic mass is 16.5. The van der Waals surface area contributed by atoms with Crippen LogP contribution in [0, 0.1) is 17.3 Å². The highest BCUT2D eigenvalue weighted by Crippen LogP contribution is 2.61. The van der Waals surface area contributed by atoms with Gasteiger partial charge in [-0.25, -0.2) is 0 Å². The van der Waals surface area contributed by atoms with Gasteiger partial charge in [0.25, 0.3) is 5.91 Å². The third-order valence-corrected chi connectivity index (χ3v) is 7.87. The van der Waals surface area contributed by atoms with Crippen molar-refractivity contribution in [2.75, 3.05) is 6.61 Å². The van der Waals surface area contributed by atoms with Crippen LogP contribution < -0.4 is 20.9 Å². The Bertz CT molecular complexity index is 1100. The normalized spacial score (nSPS) is 28.3. The van der Waals surface area contributed by atoms with Gasteiger partial charge in [0.05, 0.1) is 5.41 Å². The standard InChI is InChI=1S/C28H33N3O4/c1-19(32)29-28-15-21-11-22(16-28)14-27(13-21,18-28)26(34)31-30-25(33)17-35-24-10-6-5-9-23(24)12-20-7-3-2-4-8-20/h2-10,21-22H,11-18H2,1H3,(H,29,32)(H,30,33)(H,31,34)/t21-,22-,27?,28?/m1/s1. The van der Waals surface area contributed by atoms with Crippen LogP contribution in [0.5, 0.6) is 5.75 Å². The summed E-state index contributed by atoms with van der Waals surface area (Å²) < 4.78 is 5.80. The molecule has 2 atom stereocenters. The van der Waals surface area contributed by atoms with Crippen molar-refractivity contribution in [3.8, 4) is 5.75 Å². The minimum Gasteiger partial charge on any atom is -0.483 e. The van der Waals surface area contributed by atoms with Gasteiger partial charge in [-0.3, -0.25) is 25.2 Å². The fraction of sp³-hybridized carbons (Fsp3) is 0.464. The van der Waals surface area contributed by atoms with Crippen molar-refractivity contribution in [2.24, 2.45) is 17.3 Å². The van der Waals surface area contributed by atoms with Crippen LogP contribution in [0.25, 0.3) is 0 Å². The molecule has 0 radical (unpaired) electrons. The fourth-order valence-corrected chi connectivity index (χ4v) is 7.09. The maximum atomic E-state index is 13.3. The van der Waals surface area contributed by atoms with E-state index in [0.717, 1.165) is 43.2 Å². The molecule has 2 aromatic rings. The molecule has 2 aromatic carbocycles. The van der Waals surface area contributed by atoms with Gasteiger partial charge in [-0.15, -0.1) is 0 Å². The first-order chi connectivity index (χ1) is 16.8. The number of rotatable bonds is 7. The van der Waals surface area contributed by atoms with Gasteiger partial charge in [0.15, 0.2) is 6.61 Å². The van der Waals surface area contributed by atoms with Crippen molar-refractivity contribution in [3.05, 3.63) is 65.7 Å². The second kappa shape index (κ2) is 9.36. The van der Waals surface area contributed by atoms with Crippen molar-refractivity contribution in [2.45, 2.75) is 57.4 Å². The number of carbonyl (C=O) groups excluding carboxylic acids is 3. The second-order valence-corrected chi connectivity index (χ2v) is 10.8. The minimum atomic E-state index is -0.539. The van der Waals surface area contributed by atoms with E-state index in [1.807, 2.05) is 42.5 Å². The van der Waals surface area contributed by atoms with Crippen LogP contribution in [0.4, 0.5) is 0 Å². The van der Waals surface area contributed by atoms with Crippen molar-refractivity contribution >= 4 is 17.7 Å². The molecule has 4 aliphatic rings. The summed E-state index contributed by atoms with van der Waals surface area (Å²) in [6, 6.07) is 17.7. The zero-order valence-electron chi connectivity index (χ0n) is 20.1. The summed E-state index contributed by atoms with van der Waals surface area (Å²) in [5, 5.41) is 3.17. The fourth-order valence-electron chi connectivity index (χ4n) is 7.09. The summed E-state index contributed by atoms with van der Waals surface area (Å²) >= 11 is 0.